The maximum Gasteiger partial charge on any atom is 0.228 e. The van der Waals surface area contributed by atoms with E-state index in [-0.39, 0.29) is 5.92 Å². The maximum atomic E-state index is 12.0. The van der Waals surface area contributed by atoms with Crippen LogP contribution in [0.5, 0.6) is 0 Å². The summed E-state index contributed by atoms with van der Waals surface area (Å²) in [6, 6.07) is 0. The molecular formula is C11H19N3O. The van der Waals surface area contributed by atoms with Gasteiger partial charge in [-0.05, 0) is 19.4 Å². The number of amides is 1. The molecule has 4 nitrogen and oxygen atoms in total. The van der Waals surface area contributed by atoms with Gasteiger partial charge in [-0.2, -0.15) is 0 Å². The van der Waals surface area contributed by atoms with E-state index in [0.717, 1.165) is 39.3 Å². The van der Waals surface area contributed by atoms with Gasteiger partial charge in [0.25, 0.3) is 0 Å². The van der Waals surface area contributed by atoms with E-state index in [2.05, 4.69) is 15.5 Å². The van der Waals surface area contributed by atoms with Gasteiger partial charge < -0.3 is 15.5 Å². The van der Waals surface area contributed by atoms with Crippen LogP contribution in [0, 0.1) is 11.3 Å². The molecule has 3 fully saturated rings. The topological polar surface area (TPSA) is 44.4 Å². The Morgan fingerprint density at radius 1 is 1.27 bits per heavy atom. The first-order valence-corrected chi connectivity index (χ1v) is 5.99. The molecule has 15 heavy (non-hydrogen) atoms. The Labute approximate surface area is 90.4 Å². The van der Waals surface area contributed by atoms with Gasteiger partial charge in [-0.3, -0.25) is 4.79 Å². The second kappa shape index (κ2) is 3.46. The molecule has 84 valence electrons. The molecule has 4 heteroatoms. The Bertz CT molecular complexity index is 269. The van der Waals surface area contributed by atoms with E-state index < -0.39 is 0 Å². The molecule has 3 aliphatic heterocycles. The van der Waals surface area contributed by atoms with Gasteiger partial charge in [0.1, 0.15) is 0 Å². The number of nitrogens with one attached hydrogen (secondary N) is 2. The molecule has 0 aliphatic carbocycles. The molecule has 3 saturated heterocycles. The molecule has 1 atom stereocenters. The van der Waals surface area contributed by atoms with Crippen molar-refractivity contribution in [1.82, 2.24) is 15.5 Å². The van der Waals surface area contributed by atoms with Crippen molar-refractivity contribution in [2.24, 2.45) is 11.3 Å². The van der Waals surface area contributed by atoms with Crippen molar-refractivity contribution in [1.29, 1.82) is 0 Å². The smallest absolute Gasteiger partial charge is 0.228 e. The third kappa shape index (κ3) is 1.56. The zero-order valence-electron chi connectivity index (χ0n) is 9.09. The fourth-order valence-corrected chi connectivity index (χ4v) is 2.99. The van der Waals surface area contributed by atoms with Crippen molar-refractivity contribution in [3.05, 3.63) is 0 Å². The molecule has 0 aromatic carbocycles. The number of nitrogens with zero attached hydrogens (tertiary/aromatic N) is 1. The lowest BCUT2D eigenvalue weighted by Crippen LogP contribution is -2.51. The monoisotopic (exact) mass is 209 g/mol. The van der Waals surface area contributed by atoms with Crippen molar-refractivity contribution in [3.63, 3.8) is 0 Å². The van der Waals surface area contributed by atoms with Gasteiger partial charge in [-0.15, -0.1) is 0 Å². The van der Waals surface area contributed by atoms with Gasteiger partial charge in [0.15, 0.2) is 0 Å². The zero-order valence-corrected chi connectivity index (χ0v) is 9.09. The van der Waals surface area contributed by atoms with Crippen molar-refractivity contribution < 1.29 is 4.79 Å². The molecule has 1 unspecified atom stereocenters. The predicted octanol–water partition coefficient (Wildman–Crippen LogP) is -0.582. The highest BCUT2D eigenvalue weighted by molar-refractivity contribution is 5.80. The van der Waals surface area contributed by atoms with Crippen molar-refractivity contribution in [2.75, 3.05) is 39.3 Å². The van der Waals surface area contributed by atoms with Crippen molar-refractivity contribution >= 4 is 5.91 Å². The minimum absolute atomic E-state index is 0.273. The van der Waals surface area contributed by atoms with Gasteiger partial charge in [-0.25, -0.2) is 0 Å². The van der Waals surface area contributed by atoms with Gasteiger partial charge in [0.05, 0.1) is 5.92 Å². The zero-order chi connectivity index (χ0) is 10.3. The number of carbonyl (C=O) groups is 1. The van der Waals surface area contributed by atoms with E-state index in [1.54, 1.807) is 0 Å². The lowest BCUT2D eigenvalue weighted by Gasteiger charge is -2.31. The van der Waals surface area contributed by atoms with Crippen LogP contribution in [0.4, 0.5) is 0 Å². The molecule has 3 heterocycles. The Kier molecular flexibility index (Phi) is 2.21. The predicted molar refractivity (Wildman–Crippen MR) is 57.5 cm³/mol. The molecule has 3 aliphatic rings. The lowest BCUT2D eigenvalue weighted by atomic mass is 9.86. The minimum Gasteiger partial charge on any atom is -0.342 e. The number of hydrogen-bond donors (Lipinski definition) is 2. The summed E-state index contributed by atoms with van der Waals surface area (Å²) in [4.78, 5) is 14.1. The average molecular weight is 209 g/mol. The van der Waals surface area contributed by atoms with Crippen LogP contribution in [-0.4, -0.2) is 50.1 Å². The third-order valence-electron chi connectivity index (χ3n) is 4.21. The van der Waals surface area contributed by atoms with E-state index in [9.17, 15) is 4.79 Å². The van der Waals surface area contributed by atoms with Gasteiger partial charge in [0, 0.05) is 38.1 Å². The lowest BCUT2D eigenvalue weighted by molar-refractivity contribution is -0.136. The highest BCUT2D eigenvalue weighted by Gasteiger charge is 2.43. The maximum absolute atomic E-state index is 12.0. The Morgan fingerprint density at radius 2 is 2.13 bits per heavy atom. The van der Waals surface area contributed by atoms with E-state index >= 15 is 0 Å². The molecule has 1 amide bonds. The van der Waals surface area contributed by atoms with Crippen molar-refractivity contribution in [3.8, 4) is 0 Å². The highest BCUT2D eigenvalue weighted by Crippen LogP contribution is 2.36. The summed E-state index contributed by atoms with van der Waals surface area (Å²) in [5, 5.41) is 6.59. The summed E-state index contributed by atoms with van der Waals surface area (Å²) in [7, 11) is 0. The Balaban J connectivity index is 1.62. The largest absolute Gasteiger partial charge is 0.342 e. The van der Waals surface area contributed by atoms with Crippen LogP contribution in [-0.2, 0) is 4.79 Å². The Morgan fingerprint density at radius 3 is 2.73 bits per heavy atom. The van der Waals surface area contributed by atoms with E-state index in [1.807, 2.05) is 0 Å². The van der Waals surface area contributed by atoms with Crippen LogP contribution >= 0.6 is 0 Å². The molecule has 0 radical (unpaired) electrons. The summed E-state index contributed by atoms with van der Waals surface area (Å²) >= 11 is 0. The first-order chi connectivity index (χ1) is 7.29. The van der Waals surface area contributed by atoms with Crippen molar-refractivity contribution in [2.45, 2.75) is 12.8 Å². The summed E-state index contributed by atoms with van der Waals surface area (Å²) < 4.78 is 0. The van der Waals surface area contributed by atoms with Crippen LogP contribution in [0.25, 0.3) is 0 Å². The number of likely N-dealkylation sites (tertiary alicyclic amines) is 1. The Hall–Kier alpha value is -0.610. The van der Waals surface area contributed by atoms with Crippen LogP contribution < -0.4 is 10.6 Å². The summed E-state index contributed by atoms with van der Waals surface area (Å²) in [5.41, 5.74) is 0.423. The van der Waals surface area contributed by atoms with Crippen LogP contribution in [0.15, 0.2) is 0 Å². The number of carbonyl (C=O) groups excluding carboxylic acids is 1. The van der Waals surface area contributed by atoms with Crippen LogP contribution in [0.2, 0.25) is 0 Å². The summed E-state index contributed by atoms with van der Waals surface area (Å²) in [5.74, 6) is 0.659. The van der Waals surface area contributed by atoms with Crippen LogP contribution in [0.3, 0.4) is 0 Å². The summed E-state index contributed by atoms with van der Waals surface area (Å²) in [6.07, 6.45) is 2.45. The van der Waals surface area contributed by atoms with E-state index in [4.69, 9.17) is 0 Å². The molecule has 2 N–H and O–H groups in total. The molecular weight excluding hydrogens is 190 g/mol. The first kappa shape index (κ1) is 9.60. The minimum atomic E-state index is 0.273. The van der Waals surface area contributed by atoms with Crippen LogP contribution in [0.1, 0.15) is 12.8 Å². The molecule has 0 saturated carbocycles. The third-order valence-corrected chi connectivity index (χ3v) is 4.21. The standard InChI is InChI=1S/C11H19N3O/c15-10(9-5-13-6-9)14-4-2-11(8-14)1-3-12-7-11/h9,12-13H,1-8H2. The first-order valence-electron chi connectivity index (χ1n) is 5.99. The highest BCUT2D eigenvalue weighted by atomic mass is 16.2. The fraction of sp³-hybridized carbons (Fsp3) is 0.909. The molecule has 0 bridgehead atoms. The second-order valence-corrected chi connectivity index (χ2v) is 5.29. The van der Waals surface area contributed by atoms with Gasteiger partial charge in [-0.1, -0.05) is 0 Å². The molecule has 3 rings (SSSR count). The molecule has 0 aromatic heterocycles. The number of rotatable bonds is 1. The summed E-state index contributed by atoms with van der Waals surface area (Å²) in [6.45, 7) is 6.00. The van der Waals surface area contributed by atoms with E-state index in [1.165, 1.54) is 12.8 Å². The fourth-order valence-electron chi connectivity index (χ4n) is 2.99. The van der Waals surface area contributed by atoms with E-state index in [0.29, 0.717) is 11.3 Å². The quantitative estimate of drug-likeness (QED) is 0.607. The van der Waals surface area contributed by atoms with Gasteiger partial charge >= 0.3 is 0 Å². The second-order valence-electron chi connectivity index (χ2n) is 5.29. The SMILES string of the molecule is O=C(C1CNC1)N1CCC2(CCNC2)C1. The average Bonchev–Trinajstić information content (AvgIpc) is 2.74. The number of hydrogen-bond acceptors (Lipinski definition) is 3. The molecule has 0 aromatic rings. The molecule has 1 spiro atoms. The van der Waals surface area contributed by atoms with Gasteiger partial charge in [0.2, 0.25) is 5.91 Å². The normalized spacial score (nSPS) is 36.1.